The lowest BCUT2D eigenvalue weighted by Crippen LogP contribution is -2.20. The lowest BCUT2D eigenvalue weighted by atomic mass is 9.97. The number of hydrogen-bond acceptors (Lipinski definition) is 3. The van der Waals surface area contributed by atoms with Gasteiger partial charge in [0.15, 0.2) is 0 Å². The van der Waals surface area contributed by atoms with Crippen molar-refractivity contribution in [3.05, 3.63) is 30.3 Å². The Hall–Kier alpha value is -1.06. The zero-order valence-corrected chi connectivity index (χ0v) is 8.64. The summed E-state index contributed by atoms with van der Waals surface area (Å²) in [5.41, 5.74) is -0.306. The molecule has 3 N–H and O–H groups in total. The van der Waals surface area contributed by atoms with Crippen LogP contribution in [0.2, 0.25) is 0 Å². The molecule has 0 aromatic heterocycles. The van der Waals surface area contributed by atoms with Crippen LogP contribution >= 0.6 is 0 Å². The van der Waals surface area contributed by atoms with Crippen molar-refractivity contribution in [2.24, 2.45) is 5.41 Å². The van der Waals surface area contributed by atoms with Gasteiger partial charge in [-0.2, -0.15) is 0 Å². The molecule has 0 fully saturated rings. The smallest absolute Gasteiger partial charge is 0.115 e. The number of benzene rings is 1. The van der Waals surface area contributed by atoms with Crippen LogP contribution in [0.15, 0.2) is 30.3 Å². The number of hydrogen-bond donors (Lipinski definition) is 3. The SMILES string of the molecule is CC(C)(CO)CO.Oc1ccccc1. The zero-order chi connectivity index (χ0) is 11.0. The average Bonchev–Trinajstić information content (AvgIpc) is 2.20. The highest BCUT2D eigenvalue weighted by Crippen LogP contribution is 2.10. The van der Waals surface area contributed by atoms with Gasteiger partial charge in [-0.05, 0) is 12.1 Å². The molecule has 0 aliphatic rings. The molecular weight excluding hydrogens is 180 g/mol. The number of rotatable bonds is 2. The summed E-state index contributed by atoms with van der Waals surface area (Å²) in [6, 6.07) is 8.71. The predicted molar refractivity (Wildman–Crippen MR) is 56.1 cm³/mol. The van der Waals surface area contributed by atoms with Gasteiger partial charge in [-0.15, -0.1) is 0 Å². The van der Waals surface area contributed by atoms with E-state index in [9.17, 15) is 0 Å². The Labute approximate surface area is 84.6 Å². The van der Waals surface area contributed by atoms with Gasteiger partial charge in [0.05, 0.1) is 13.2 Å². The molecule has 0 heterocycles. The van der Waals surface area contributed by atoms with Gasteiger partial charge in [0.1, 0.15) is 5.75 Å². The van der Waals surface area contributed by atoms with Crippen molar-refractivity contribution in [3.8, 4) is 5.75 Å². The zero-order valence-electron chi connectivity index (χ0n) is 8.64. The highest BCUT2D eigenvalue weighted by Gasteiger charge is 2.13. The van der Waals surface area contributed by atoms with Crippen LogP contribution in [0.3, 0.4) is 0 Å². The van der Waals surface area contributed by atoms with Gasteiger partial charge >= 0.3 is 0 Å². The summed E-state index contributed by atoms with van der Waals surface area (Å²) in [6.45, 7) is 3.69. The summed E-state index contributed by atoms with van der Waals surface area (Å²) in [4.78, 5) is 0. The molecule has 0 aliphatic carbocycles. The molecule has 1 aromatic carbocycles. The Morgan fingerprint density at radius 1 is 1.00 bits per heavy atom. The molecule has 0 saturated heterocycles. The van der Waals surface area contributed by atoms with E-state index in [0.717, 1.165) is 0 Å². The molecule has 0 bridgehead atoms. The summed E-state index contributed by atoms with van der Waals surface area (Å²) < 4.78 is 0. The first-order chi connectivity index (χ1) is 6.52. The maximum atomic E-state index is 8.63. The van der Waals surface area contributed by atoms with Crippen molar-refractivity contribution in [2.45, 2.75) is 13.8 Å². The fraction of sp³-hybridized carbons (Fsp3) is 0.455. The number of phenols is 1. The number of aromatic hydroxyl groups is 1. The molecule has 14 heavy (non-hydrogen) atoms. The first-order valence-electron chi connectivity index (χ1n) is 4.47. The van der Waals surface area contributed by atoms with E-state index >= 15 is 0 Å². The molecule has 3 nitrogen and oxygen atoms in total. The molecule has 0 spiro atoms. The predicted octanol–water partition coefficient (Wildman–Crippen LogP) is 1.39. The monoisotopic (exact) mass is 198 g/mol. The van der Waals surface area contributed by atoms with Crippen LogP contribution < -0.4 is 0 Å². The van der Waals surface area contributed by atoms with Crippen LogP contribution in [-0.2, 0) is 0 Å². The van der Waals surface area contributed by atoms with E-state index in [1.165, 1.54) is 0 Å². The fourth-order valence-electron chi connectivity index (χ4n) is 0.478. The minimum absolute atomic E-state index is 0.0451. The van der Waals surface area contributed by atoms with E-state index in [2.05, 4.69) is 0 Å². The standard InChI is InChI=1S/C6H6O.C5H12O2/c7-6-4-2-1-3-5-6;1-5(2,3-6)4-7/h1-5,7H;6-7H,3-4H2,1-2H3. The molecule has 0 radical (unpaired) electrons. The van der Waals surface area contributed by atoms with Crippen LogP contribution in [-0.4, -0.2) is 28.5 Å². The molecule has 80 valence electrons. The Morgan fingerprint density at radius 2 is 1.43 bits per heavy atom. The Morgan fingerprint density at radius 3 is 1.57 bits per heavy atom. The second-order valence-electron chi connectivity index (χ2n) is 3.82. The first kappa shape index (κ1) is 12.9. The lowest BCUT2D eigenvalue weighted by Gasteiger charge is -2.16. The van der Waals surface area contributed by atoms with E-state index in [1.807, 2.05) is 6.07 Å². The van der Waals surface area contributed by atoms with Crippen LogP contribution in [0.4, 0.5) is 0 Å². The lowest BCUT2D eigenvalue weighted by molar-refractivity contribution is 0.0857. The minimum atomic E-state index is -0.306. The molecule has 0 unspecified atom stereocenters. The third-order valence-corrected chi connectivity index (χ3v) is 1.61. The van der Waals surface area contributed by atoms with Crippen LogP contribution in [0.1, 0.15) is 13.8 Å². The van der Waals surface area contributed by atoms with E-state index in [1.54, 1.807) is 38.1 Å². The summed E-state index contributed by atoms with van der Waals surface area (Å²) in [5.74, 6) is 0.322. The topological polar surface area (TPSA) is 60.7 Å². The second-order valence-corrected chi connectivity index (χ2v) is 3.82. The van der Waals surface area contributed by atoms with Gasteiger partial charge in [0.2, 0.25) is 0 Å². The van der Waals surface area contributed by atoms with E-state index in [0.29, 0.717) is 5.75 Å². The Balaban J connectivity index is 0.000000241. The van der Waals surface area contributed by atoms with Crippen molar-refractivity contribution < 1.29 is 15.3 Å². The van der Waals surface area contributed by atoms with Crippen LogP contribution in [0.25, 0.3) is 0 Å². The minimum Gasteiger partial charge on any atom is -0.508 e. The quantitative estimate of drug-likeness (QED) is 0.673. The maximum Gasteiger partial charge on any atom is 0.115 e. The highest BCUT2D eigenvalue weighted by atomic mass is 16.3. The van der Waals surface area contributed by atoms with Gasteiger partial charge in [-0.3, -0.25) is 0 Å². The van der Waals surface area contributed by atoms with Gasteiger partial charge in [0.25, 0.3) is 0 Å². The number of para-hydroxylation sites is 1. The van der Waals surface area contributed by atoms with Gasteiger partial charge < -0.3 is 15.3 Å². The molecule has 0 atom stereocenters. The molecular formula is C11H18O3. The summed E-state index contributed by atoms with van der Waals surface area (Å²) in [5, 5.41) is 25.5. The number of phenolic OH excluding ortho intramolecular Hbond substituents is 1. The summed E-state index contributed by atoms with van der Waals surface area (Å²) >= 11 is 0. The van der Waals surface area contributed by atoms with Gasteiger partial charge in [-0.1, -0.05) is 32.0 Å². The second kappa shape index (κ2) is 6.40. The molecule has 0 amide bonds. The highest BCUT2D eigenvalue weighted by molar-refractivity contribution is 5.18. The molecule has 1 rings (SSSR count). The molecule has 0 aliphatic heterocycles. The van der Waals surface area contributed by atoms with Crippen LogP contribution in [0, 0.1) is 5.41 Å². The van der Waals surface area contributed by atoms with E-state index < -0.39 is 0 Å². The summed E-state index contributed by atoms with van der Waals surface area (Å²) in [7, 11) is 0. The van der Waals surface area contributed by atoms with Crippen molar-refractivity contribution in [3.63, 3.8) is 0 Å². The van der Waals surface area contributed by atoms with E-state index in [4.69, 9.17) is 15.3 Å². The Kier molecular flexibility index (Phi) is 5.92. The van der Waals surface area contributed by atoms with Crippen molar-refractivity contribution >= 4 is 0 Å². The number of aliphatic hydroxyl groups is 2. The molecule has 3 heteroatoms. The summed E-state index contributed by atoms with van der Waals surface area (Å²) in [6.07, 6.45) is 0. The maximum absolute atomic E-state index is 8.63. The number of aliphatic hydroxyl groups excluding tert-OH is 2. The fourth-order valence-corrected chi connectivity index (χ4v) is 0.478. The average molecular weight is 198 g/mol. The van der Waals surface area contributed by atoms with Crippen molar-refractivity contribution in [2.75, 3.05) is 13.2 Å². The van der Waals surface area contributed by atoms with E-state index in [-0.39, 0.29) is 18.6 Å². The normalized spacial score (nSPS) is 10.3. The Bertz CT molecular complexity index is 226. The van der Waals surface area contributed by atoms with Crippen molar-refractivity contribution in [1.82, 2.24) is 0 Å². The van der Waals surface area contributed by atoms with Gasteiger partial charge in [0, 0.05) is 5.41 Å². The largest absolute Gasteiger partial charge is 0.508 e. The van der Waals surface area contributed by atoms with Crippen LogP contribution in [0.5, 0.6) is 5.75 Å². The molecule has 0 saturated carbocycles. The third kappa shape index (κ3) is 6.46. The van der Waals surface area contributed by atoms with Gasteiger partial charge in [-0.25, -0.2) is 0 Å². The third-order valence-electron chi connectivity index (χ3n) is 1.61. The van der Waals surface area contributed by atoms with Crippen molar-refractivity contribution in [1.29, 1.82) is 0 Å². The first-order valence-corrected chi connectivity index (χ1v) is 4.47. The molecule has 1 aromatic rings.